The van der Waals surface area contributed by atoms with Crippen molar-refractivity contribution in [3.8, 4) is 5.75 Å². The maximum atomic E-state index is 6.21. The highest BCUT2D eigenvalue weighted by Crippen LogP contribution is 2.36. The first-order valence-corrected chi connectivity index (χ1v) is 10.1. The van der Waals surface area contributed by atoms with Gasteiger partial charge in [0.1, 0.15) is 5.75 Å². The van der Waals surface area contributed by atoms with Crippen LogP contribution in [0.3, 0.4) is 0 Å². The van der Waals surface area contributed by atoms with Gasteiger partial charge in [0.05, 0.1) is 19.8 Å². The molecule has 0 radical (unpaired) electrons. The fourth-order valence-corrected chi connectivity index (χ4v) is 4.45. The number of benzene rings is 2. The lowest BCUT2D eigenvalue weighted by Crippen LogP contribution is -2.54. The van der Waals surface area contributed by atoms with Gasteiger partial charge in [-0.25, -0.2) is 0 Å². The number of piperazine rings is 1. The van der Waals surface area contributed by atoms with Crippen molar-refractivity contribution in [2.45, 2.75) is 25.5 Å². The van der Waals surface area contributed by atoms with Crippen molar-refractivity contribution in [1.82, 2.24) is 5.32 Å². The van der Waals surface area contributed by atoms with Crippen LogP contribution in [0.4, 0.5) is 5.69 Å². The van der Waals surface area contributed by atoms with Crippen LogP contribution in [0.2, 0.25) is 5.02 Å². The van der Waals surface area contributed by atoms with Gasteiger partial charge in [0, 0.05) is 42.3 Å². The van der Waals surface area contributed by atoms with Gasteiger partial charge in [-0.05, 0) is 53.9 Å². The first-order valence-electron chi connectivity index (χ1n) is 9.68. The van der Waals surface area contributed by atoms with Crippen molar-refractivity contribution in [3.05, 3.63) is 58.6 Å². The topological polar surface area (TPSA) is 33.7 Å². The molecule has 0 spiro atoms. The average molecular weight is 387 g/mol. The summed E-state index contributed by atoms with van der Waals surface area (Å²) in [5.74, 6) is 1.26. The number of hydrogen-bond acceptors (Lipinski definition) is 4. The summed E-state index contributed by atoms with van der Waals surface area (Å²) in [6, 6.07) is 14.9. The Kier molecular flexibility index (Phi) is 5.58. The van der Waals surface area contributed by atoms with Crippen LogP contribution in [0, 0.1) is 5.92 Å². The Morgan fingerprint density at radius 1 is 1.22 bits per heavy atom. The van der Waals surface area contributed by atoms with E-state index in [1.807, 2.05) is 18.2 Å². The molecule has 0 aromatic heterocycles. The van der Waals surface area contributed by atoms with E-state index in [9.17, 15) is 0 Å². The van der Waals surface area contributed by atoms with Crippen LogP contribution in [-0.4, -0.2) is 39.4 Å². The fourth-order valence-electron chi connectivity index (χ4n) is 4.26. The van der Waals surface area contributed by atoms with Gasteiger partial charge in [0.25, 0.3) is 0 Å². The molecule has 0 aliphatic carbocycles. The van der Waals surface area contributed by atoms with E-state index < -0.39 is 0 Å². The molecule has 2 aromatic rings. The summed E-state index contributed by atoms with van der Waals surface area (Å²) in [5, 5.41) is 4.52. The van der Waals surface area contributed by atoms with Gasteiger partial charge in [-0.2, -0.15) is 0 Å². The summed E-state index contributed by atoms with van der Waals surface area (Å²) in [6.07, 6.45) is 1.05. The van der Waals surface area contributed by atoms with Crippen LogP contribution < -0.4 is 15.0 Å². The summed E-state index contributed by atoms with van der Waals surface area (Å²) < 4.78 is 11.5. The van der Waals surface area contributed by atoms with E-state index in [0.717, 1.165) is 43.4 Å². The molecule has 27 heavy (non-hydrogen) atoms. The number of anilines is 1. The predicted molar refractivity (Wildman–Crippen MR) is 110 cm³/mol. The molecule has 144 valence electrons. The monoisotopic (exact) mass is 386 g/mol. The normalized spacial score (nSPS) is 23.6. The van der Waals surface area contributed by atoms with Crippen LogP contribution in [0.5, 0.6) is 5.75 Å². The zero-order valence-corrected chi connectivity index (χ0v) is 16.7. The van der Waals surface area contributed by atoms with E-state index in [2.05, 4.69) is 41.4 Å². The zero-order valence-electron chi connectivity index (χ0n) is 16.0. The number of hydrogen-bond donors (Lipinski definition) is 1. The first kappa shape index (κ1) is 18.6. The number of nitrogens with zero attached hydrogens (tertiary/aromatic N) is 1. The smallest absolute Gasteiger partial charge is 0.119 e. The molecule has 1 saturated heterocycles. The van der Waals surface area contributed by atoms with E-state index in [1.165, 1.54) is 16.8 Å². The molecule has 5 heteroatoms. The molecule has 3 atom stereocenters. The molecular formula is C22H27ClN2O2. The van der Waals surface area contributed by atoms with Crippen molar-refractivity contribution >= 4 is 17.3 Å². The van der Waals surface area contributed by atoms with Crippen molar-refractivity contribution in [3.63, 3.8) is 0 Å². The summed E-state index contributed by atoms with van der Waals surface area (Å²) in [6.45, 7) is 6.01. The molecule has 2 aliphatic heterocycles. The minimum Gasteiger partial charge on any atom is -0.497 e. The number of ether oxygens (including phenoxy) is 2. The number of rotatable bonds is 4. The molecule has 2 heterocycles. The predicted octanol–water partition coefficient (Wildman–Crippen LogP) is 4.08. The van der Waals surface area contributed by atoms with Crippen LogP contribution in [-0.2, 0) is 11.2 Å². The Balaban J connectivity index is 1.50. The third-order valence-electron chi connectivity index (χ3n) is 5.84. The number of nitrogens with one attached hydrogen (secondary N) is 1. The second-order valence-electron chi connectivity index (χ2n) is 7.45. The minimum atomic E-state index is 0.110. The number of halogens is 1. The van der Waals surface area contributed by atoms with Gasteiger partial charge in [0.2, 0.25) is 0 Å². The maximum absolute atomic E-state index is 6.21. The molecule has 2 aromatic carbocycles. The van der Waals surface area contributed by atoms with Crippen molar-refractivity contribution in [1.29, 1.82) is 0 Å². The highest BCUT2D eigenvalue weighted by molar-refractivity contribution is 6.30. The van der Waals surface area contributed by atoms with Crippen LogP contribution in [0.1, 0.15) is 24.2 Å². The molecule has 1 N–H and O–H groups in total. The lowest BCUT2D eigenvalue weighted by atomic mass is 9.85. The third-order valence-corrected chi connectivity index (χ3v) is 6.07. The van der Waals surface area contributed by atoms with Crippen molar-refractivity contribution in [2.75, 3.05) is 38.3 Å². The van der Waals surface area contributed by atoms with E-state index >= 15 is 0 Å². The molecular weight excluding hydrogens is 360 g/mol. The maximum Gasteiger partial charge on any atom is 0.119 e. The first-order chi connectivity index (χ1) is 13.2. The Bertz CT molecular complexity index is 780. The summed E-state index contributed by atoms with van der Waals surface area (Å²) in [7, 11) is 1.70. The molecule has 4 nitrogen and oxygen atoms in total. The zero-order chi connectivity index (χ0) is 18.8. The minimum absolute atomic E-state index is 0.110. The second kappa shape index (κ2) is 8.09. The van der Waals surface area contributed by atoms with Crippen LogP contribution >= 0.6 is 11.6 Å². The van der Waals surface area contributed by atoms with Crippen LogP contribution in [0.15, 0.2) is 42.5 Å². The van der Waals surface area contributed by atoms with Gasteiger partial charge in [-0.3, -0.25) is 0 Å². The molecule has 1 fully saturated rings. The highest BCUT2D eigenvalue weighted by atomic mass is 35.5. The molecule has 3 unspecified atom stereocenters. The number of fused-ring (bicyclic) bond motifs is 1. The molecule has 2 aliphatic rings. The van der Waals surface area contributed by atoms with E-state index in [4.69, 9.17) is 21.1 Å². The Labute approximate surface area is 166 Å². The number of methoxy groups -OCH3 is 1. The standard InChI is InChI=1S/C22H27ClN2O2/c1-15(22-20-8-3-17(23)13-16(20)9-12-27-22)21-14-25(11-10-24-21)18-4-6-19(26-2)7-5-18/h3-8,13,15,21-22,24H,9-12,14H2,1-2H3. The van der Waals surface area contributed by atoms with E-state index in [-0.39, 0.29) is 6.10 Å². The van der Waals surface area contributed by atoms with Crippen LogP contribution in [0.25, 0.3) is 0 Å². The quantitative estimate of drug-likeness (QED) is 0.858. The summed E-state index contributed by atoms with van der Waals surface area (Å²) in [4.78, 5) is 2.45. The fraction of sp³-hybridized carbons (Fsp3) is 0.455. The SMILES string of the molecule is COc1ccc(N2CCNC(C(C)C3OCCc4cc(Cl)ccc43)C2)cc1. The van der Waals surface area contributed by atoms with Crippen molar-refractivity contribution in [2.24, 2.45) is 5.92 Å². The van der Waals surface area contributed by atoms with Crippen molar-refractivity contribution < 1.29 is 9.47 Å². The molecule has 0 amide bonds. The largest absolute Gasteiger partial charge is 0.497 e. The lowest BCUT2D eigenvalue weighted by Gasteiger charge is -2.41. The van der Waals surface area contributed by atoms with Gasteiger partial charge in [-0.1, -0.05) is 24.6 Å². The molecule has 4 rings (SSSR count). The summed E-state index contributed by atoms with van der Waals surface area (Å²) in [5.41, 5.74) is 3.86. The second-order valence-corrected chi connectivity index (χ2v) is 7.88. The van der Waals surface area contributed by atoms with E-state index in [1.54, 1.807) is 7.11 Å². The highest BCUT2D eigenvalue weighted by Gasteiger charge is 2.33. The molecule has 0 bridgehead atoms. The Morgan fingerprint density at radius 2 is 2.04 bits per heavy atom. The van der Waals surface area contributed by atoms with E-state index in [0.29, 0.717) is 12.0 Å². The third kappa shape index (κ3) is 3.93. The Morgan fingerprint density at radius 3 is 2.81 bits per heavy atom. The van der Waals surface area contributed by atoms with Gasteiger partial charge >= 0.3 is 0 Å². The average Bonchev–Trinajstić information content (AvgIpc) is 2.72. The molecule has 0 saturated carbocycles. The van der Waals surface area contributed by atoms with Gasteiger partial charge in [-0.15, -0.1) is 0 Å². The van der Waals surface area contributed by atoms with Gasteiger partial charge < -0.3 is 19.7 Å². The van der Waals surface area contributed by atoms with Gasteiger partial charge in [0.15, 0.2) is 0 Å². The summed E-state index contributed by atoms with van der Waals surface area (Å²) >= 11 is 6.19. The lowest BCUT2D eigenvalue weighted by molar-refractivity contribution is -0.00538. The Hall–Kier alpha value is -1.75.